The van der Waals surface area contributed by atoms with Crippen LogP contribution in [0.3, 0.4) is 0 Å². The van der Waals surface area contributed by atoms with Crippen LogP contribution in [0.2, 0.25) is 0 Å². The Morgan fingerprint density at radius 3 is 2.20 bits per heavy atom. The average molecular weight is 406 g/mol. The van der Waals surface area contributed by atoms with Crippen LogP contribution in [0, 0.1) is 34.5 Å². The lowest BCUT2D eigenvalue weighted by Gasteiger charge is -2.59. The van der Waals surface area contributed by atoms with Crippen molar-refractivity contribution in [2.75, 3.05) is 0 Å². The highest BCUT2D eigenvalue weighted by Gasteiger charge is 2.53. The average Bonchev–Trinajstić information content (AvgIpc) is 2.70. The molecule has 0 aliphatic heterocycles. The molecular weight excluding hydrogens is 370 g/mol. The highest BCUT2D eigenvalue weighted by Crippen LogP contribution is 2.61. The lowest BCUT2D eigenvalue weighted by Crippen LogP contribution is -2.56. The summed E-state index contributed by atoms with van der Waals surface area (Å²) in [7, 11) is 0. The van der Waals surface area contributed by atoms with E-state index in [9.17, 15) is 10.1 Å². The van der Waals surface area contributed by atoms with Crippen LogP contribution in [0.5, 0.6) is 0 Å². The van der Waals surface area contributed by atoms with Crippen LogP contribution < -0.4 is 5.32 Å². The Bertz CT molecular complexity index is 800. The third-order valence-electron chi connectivity index (χ3n) is 7.88. The first-order chi connectivity index (χ1) is 14.4. The van der Waals surface area contributed by atoms with Crippen molar-refractivity contribution in [3.63, 3.8) is 0 Å². The lowest BCUT2D eigenvalue weighted by atomic mass is 9.48. The molecule has 0 saturated heterocycles. The minimum absolute atomic E-state index is 0.122. The molecule has 30 heavy (non-hydrogen) atoms. The Labute approximate surface area is 181 Å². The summed E-state index contributed by atoms with van der Waals surface area (Å²) >= 11 is 0. The fourth-order valence-electron chi connectivity index (χ4n) is 6.61. The Balaban J connectivity index is 1.46. The molecule has 4 aliphatic carbocycles. The van der Waals surface area contributed by atoms with Gasteiger partial charge in [0.1, 0.15) is 11.6 Å². The van der Waals surface area contributed by atoms with Crippen LogP contribution in [0.25, 0.3) is 0 Å². The molecule has 1 unspecified atom stereocenters. The van der Waals surface area contributed by atoms with Gasteiger partial charge in [0, 0.05) is 24.8 Å². The second kappa shape index (κ2) is 8.46. The lowest BCUT2D eigenvalue weighted by molar-refractivity contribution is -0.122. The zero-order valence-electron chi connectivity index (χ0n) is 18.6. The molecule has 4 heteroatoms. The van der Waals surface area contributed by atoms with Crippen LogP contribution in [0.1, 0.15) is 64.9 Å². The molecule has 0 aromatic heterocycles. The molecule has 4 fully saturated rings. The van der Waals surface area contributed by atoms with Gasteiger partial charge in [0.25, 0.3) is 5.91 Å². The molecular formula is C26H35N3O. The molecule has 4 aliphatic rings. The van der Waals surface area contributed by atoms with Crippen molar-refractivity contribution < 1.29 is 4.79 Å². The molecule has 4 bridgehead atoms. The van der Waals surface area contributed by atoms with E-state index >= 15 is 0 Å². The van der Waals surface area contributed by atoms with Crippen LogP contribution in [0.15, 0.2) is 42.1 Å². The minimum Gasteiger partial charge on any atom is -0.369 e. The van der Waals surface area contributed by atoms with E-state index in [0.29, 0.717) is 6.54 Å². The van der Waals surface area contributed by atoms with E-state index in [1.807, 2.05) is 18.2 Å². The van der Waals surface area contributed by atoms with Gasteiger partial charge in [0.05, 0.1) is 0 Å². The molecule has 1 N–H and O–H groups in total. The summed E-state index contributed by atoms with van der Waals surface area (Å²) in [6.45, 7) is 7.03. The summed E-state index contributed by atoms with van der Waals surface area (Å²) in [4.78, 5) is 15.1. The van der Waals surface area contributed by atoms with Crippen LogP contribution in [-0.4, -0.2) is 22.9 Å². The highest BCUT2D eigenvalue weighted by molar-refractivity contribution is 5.97. The third kappa shape index (κ3) is 4.26. The van der Waals surface area contributed by atoms with Gasteiger partial charge in [-0.25, -0.2) is 0 Å². The summed E-state index contributed by atoms with van der Waals surface area (Å²) < 4.78 is 0. The van der Waals surface area contributed by atoms with Crippen molar-refractivity contribution in [1.82, 2.24) is 10.2 Å². The van der Waals surface area contributed by atoms with Gasteiger partial charge >= 0.3 is 0 Å². The molecule has 0 heterocycles. The summed E-state index contributed by atoms with van der Waals surface area (Å²) in [5, 5.41) is 13.0. The van der Waals surface area contributed by atoms with E-state index in [1.165, 1.54) is 44.1 Å². The van der Waals surface area contributed by atoms with Crippen molar-refractivity contribution >= 4 is 5.91 Å². The first kappa shape index (κ1) is 21.0. The van der Waals surface area contributed by atoms with Gasteiger partial charge in [0.2, 0.25) is 0 Å². The first-order valence-corrected chi connectivity index (χ1v) is 11.6. The number of carbonyl (C=O) groups is 1. The zero-order valence-corrected chi connectivity index (χ0v) is 18.6. The molecule has 1 aromatic rings. The predicted molar refractivity (Wildman–Crippen MR) is 119 cm³/mol. The van der Waals surface area contributed by atoms with E-state index in [-0.39, 0.29) is 29.0 Å². The van der Waals surface area contributed by atoms with Crippen molar-refractivity contribution in [3.05, 3.63) is 47.7 Å². The Morgan fingerprint density at radius 2 is 1.70 bits per heavy atom. The van der Waals surface area contributed by atoms with Crippen molar-refractivity contribution in [3.8, 4) is 6.07 Å². The fraction of sp³-hybridized carbons (Fsp3) is 0.615. The molecule has 1 atom stereocenters. The van der Waals surface area contributed by atoms with E-state index in [4.69, 9.17) is 0 Å². The second-order valence-corrected chi connectivity index (χ2v) is 10.4. The highest BCUT2D eigenvalue weighted by atomic mass is 16.1. The van der Waals surface area contributed by atoms with Gasteiger partial charge in [-0.15, -0.1) is 0 Å². The summed E-state index contributed by atoms with van der Waals surface area (Å²) in [6.07, 6.45) is 9.68. The third-order valence-corrected chi connectivity index (χ3v) is 7.88. The smallest absolute Gasteiger partial charge is 0.263 e. The SMILES string of the molecule is CC(C)N(/C=C(/C#N)C(=O)NC(C)C12CC3CC(CC(C3)C1)C2)Cc1ccccc1. The predicted octanol–water partition coefficient (Wildman–Crippen LogP) is 5.03. The van der Waals surface area contributed by atoms with E-state index < -0.39 is 0 Å². The molecule has 1 aromatic carbocycles. The molecule has 4 nitrogen and oxygen atoms in total. The number of rotatable bonds is 7. The fourth-order valence-corrected chi connectivity index (χ4v) is 6.61. The standard InChI is InChI=1S/C26H35N3O/c1-18(2)29(16-20-7-5-4-6-8-20)17-24(15-27)25(30)28-19(3)26-12-21-9-22(13-26)11-23(10-21)14-26/h4-8,17-19,21-23H,9-14,16H2,1-3H3,(H,28,30)/b24-17-. The van der Waals surface area contributed by atoms with Gasteiger partial charge in [-0.05, 0) is 88.0 Å². The van der Waals surface area contributed by atoms with Gasteiger partial charge in [-0.3, -0.25) is 4.79 Å². The molecule has 160 valence electrons. The number of nitriles is 1. The monoisotopic (exact) mass is 405 g/mol. The van der Waals surface area contributed by atoms with Crippen molar-refractivity contribution in [1.29, 1.82) is 5.26 Å². The van der Waals surface area contributed by atoms with Crippen LogP contribution in [-0.2, 0) is 11.3 Å². The normalized spacial score (nSPS) is 30.8. The first-order valence-electron chi connectivity index (χ1n) is 11.6. The van der Waals surface area contributed by atoms with Gasteiger partial charge < -0.3 is 10.2 Å². The largest absolute Gasteiger partial charge is 0.369 e. The number of benzene rings is 1. The number of nitrogens with one attached hydrogen (secondary N) is 1. The van der Waals surface area contributed by atoms with E-state index in [0.717, 1.165) is 17.8 Å². The van der Waals surface area contributed by atoms with Gasteiger partial charge in [-0.1, -0.05) is 30.3 Å². The van der Waals surface area contributed by atoms with Crippen LogP contribution in [0.4, 0.5) is 0 Å². The van der Waals surface area contributed by atoms with Gasteiger partial charge in [-0.2, -0.15) is 5.26 Å². The summed E-state index contributed by atoms with van der Waals surface area (Å²) in [5.41, 5.74) is 1.62. The number of hydrogen-bond donors (Lipinski definition) is 1. The quantitative estimate of drug-likeness (QED) is 0.511. The van der Waals surface area contributed by atoms with Crippen molar-refractivity contribution in [2.24, 2.45) is 23.2 Å². The summed E-state index contributed by atoms with van der Waals surface area (Å²) in [5.74, 6) is 2.33. The maximum Gasteiger partial charge on any atom is 0.263 e. The molecule has 5 rings (SSSR count). The minimum atomic E-state index is -0.223. The maximum absolute atomic E-state index is 13.1. The topological polar surface area (TPSA) is 56.1 Å². The number of hydrogen-bond acceptors (Lipinski definition) is 3. The van der Waals surface area contributed by atoms with Crippen molar-refractivity contribution in [2.45, 2.75) is 77.9 Å². The second-order valence-electron chi connectivity index (χ2n) is 10.4. The van der Waals surface area contributed by atoms with E-state index in [1.54, 1.807) is 6.20 Å². The molecule has 4 saturated carbocycles. The van der Waals surface area contributed by atoms with Gasteiger partial charge in [0.15, 0.2) is 0 Å². The Morgan fingerprint density at radius 1 is 1.13 bits per heavy atom. The summed E-state index contributed by atoms with van der Waals surface area (Å²) in [6, 6.07) is 12.7. The van der Waals surface area contributed by atoms with Crippen LogP contribution >= 0.6 is 0 Å². The molecule has 0 radical (unpaired) electrons. The number of amides is 1. The number of nitrogens with zero attached hydrogens (tertiary/aromatic N) is 2. The molecule has 0 spiro atoms. The Kier molecular flexibility index (Phi) is 5.91. The number of carbonyl (C=O) groups excluding carboxylic acids is 1. The zero-order chi connectivity index (χ0) is 21.3. The Hall–Kier alpha value is -2.28. The maximum atomic E-state index is 13.1. The van der Waals surface area contributed by atoms with E-state index in [2.05, 4.69) is 49.2 Å². The molecule has 1 amide bonds.